The summed E-state index contributed by atoms with van der Waals surface area (Å²) in [5, 5.41) is 8.19. The Morgan fingerprint density at radius 2 is 2.21 bits per heavy atom. The Hall–Kier alpha value is -0.328. The molecule has 0 saturated carbocycles. The number of aliphatic hydroxyl groups is 1. The number of aromatic nitrogens is 1. The van der Waals surface area contributed by atoms with Crippen molar-refractivity contribution in [1.82, 2.24) is 4.98 Å². The van der Waals surface area contributed by atoms with Gasteiger partial charge in [-0.1, -0.05) is 11.6 Å². The van der Waals surface area contributed by atoms with Crippen LogP contribution in [0.25, 0.3) is 10.9 Å². The Morgan fingerprint density at radius 3 is 2.79 bits per heavy atom. The van der Waals surface area contributed by atoms with Gasteiger partial charge in [0, 0.05) is 33.2 Å². The smallest absolute Gasteiger partial charge is 0.0615 e. The Morgan fingerprint density at radius 1 is 1.50 bits per heavy atom. The van der Waals surface area contributed by atoms with Gasteiger partial charge in [0.15, 0.2) is 0 Å². The summed E-state index contributed by atoms with van der Waals surface area (Å²) in [6.45, 7) is 0. The molecule has 2 nitrogen and oxygen atoms in total. The average molecular weight is 383 g/mol. The summed E-state index contributed by atoms with van der Waals surface area (Å²) in [5.41, 5.74) is 2.16. The summed E-state index contributed by atoms with van der Waals surface area (Å²) >= 11 is 5.66. The van der Waals surface area contributed by atoms with E-state index >= 15 is 0 Å². The number of H-pyrrole nitrogens is 1. The van der Waals surface area contributed by atoms with E-state index in [2.05, 4.69) is 17.1 Å². The number of rotatable bonds is 1. The predicted molar refractivity (Wildman–Crippen MR) is 54.8 cm³/mol. The van der Waals surface area contributed by atoms with Crippen molar-refractivity contribution < 1.29 is 25.5 Å². The average Bonchev–Trinajstić information content (AvgIpc) is 2.63. The van der Waals surface area contributed by atoms with Gasteiger partial charge in [-0.3, -0.25) is 0 Å². The number of hydrogen-bond acceptors (Lipinski definition) is 1. The van der Waals surface area contributed by atoms with Gasteiger partial charge in [-0.2, -0.15) is 24.3 Å². The van der Waals surface area contributed by atoms with Crippen LogP contribution in [0.5, 0.6) is 0 Å². The first-order chi connectivity index (χ1) is 6.40. The van der Waals surface area contributed by atoms with Gasteiger partial charge in [0.05, 0.1) is 5.88 Å². The molecule has 2 N–H and O–H groups in total. The molecule has 0 bridgehead atoms. The van der Waals surface area contributed by atoms with E-state index < -0.39 is 0 Å². The van der Waals surface area contributed by atoms with E-state index in [9.17, 15) is 0 Å². The summed E-state index contributed by atoms with van der Waals surface area (Å²) < 4.78 is 0. The van der Waals surface area contributed by atoms with E-state index in [0.29, 0.717) is 5.88 Å². The molecule has 4 heteroatoms. The minimum Gasteiger partial charge on any atom is -0.410 e. The van der Waals surface area contributed by atoms with Crippen LogP contribution in [-0.2, 0) is 26.3 Å². The summed E-state index contributed by atoms with van der Waals surface area (Å²) in [7, 11) is 1.00. The van der Waals surface area contributed by atoms with Crippen molar-refractivity contribution in [3.8, 4) is 0 Å². The molecule has 77 valence electrons. The van der Waals surface area contributed by atoms with Crippen LogP contribution < -0.4 is 0 Å². The number of fused-ring (bicyclic) bond motifs is 1. The fourth-order valence-electron chi connectivity index (χ4n) is 1.15. The van der Waals surface area contributed by atoms with E-state index in [4.69, 9.17) is 16.7 Å². The molecule has 0 fully saturated rings. The Balaban J connectivity index is 0.000000531. The normalized spacial score (nSPS) is 8.79. The number of hydrogen-bond donors (Lipinski definition) is 2. The Bertz CT molecular complexity index is 342. The van der Waals surface area contributed by atoms with Crippen LogP contribution in [0.15, 0.2) is 24.3 Å². The largest absolute Gasteiger partial charge is 0.410 e. The molecular formula is C10H11ClNORe-. The molecule has 0 amide bonds. The van der Waals surface area contributed by atoms with Crippen LogP contribution >= 0.6 is 11.6 Å². The van der Waals surface area contributed by atoms with E-state index in [1.807, 2.05) is 18.2 Å². The van der Waals surface area contributed by atoms with Crippen molar-refractivity contribution in [3.05, 3.63) is 36.0 Å². The molecule has 0 atom stereocenters. The van der Waals surface area contributed by atoms with Gasteiger partial charge < -0.3 is 10.1 Å². The van der Waals surface area contributed by atoms with Crippen molar-refractivity contribution in [1.29, 1.82) is 0 Å². The van der Waals surface area contributed by atoms with Crippen molar-refractivity contribution in [2.24, 2.45) is 0 Å². The third-order valence-electron chi connectivity index (χ3n) is 1.67. The molecule has 0 aliphatic carbocycles. The van der Waals surface area contributed by atoms with Gasteiger partial charge in [0.2, 0.25) is 0 Å². The van der Waals surface area contributed by atoms with Gasteiger partial charge >= 0.3 is 0 Å². The second-order valence-corrected chi connectivity index (χ2v) is 2.71. The zero-order valence-corrected chi connectivity index (χ0v) is 11.2. The molecule has 0 aliphatic rings. The molecular weight excluding hydrogens is 372 g/mol. The van der Waals surface area contributed by atoms with Crippen LogP contribution in [0.4, 0.5) is 0 Å². The summed E-state index contributed by atoms with van der Waals surface area (Å²) in [6.07, 6.45) is 0. The zero-order chi connectivity index (χ0) is 9.68. The van der Waals surface area contributed by atoms with Crippen molar-refractivity contribution in [2.45, 2.75) is 5.88 Å². The molecule has 2 aromatic rings. The van der Waals surface area contributed by atoms with Crippen molar-refractivity contribution >= 4 is 22.5 Å². The molecule has 2 rings (SSSR count). The Kier molecular flexibility index (Phi) is 6.86. The standard InChI is InChI=1S/C9H7ClN.CH4O.Re/c10-6-8-5-7-3-1-2-4-9(7)11-8;1-2;/h1,3-5,11H,6H2;2H,1H3;/q-1;;. The number of aromatic amines is 1. The topological polar surface area (TPSA) is 36.0 Å². The van der Waals surface area contributed by atoms with Crippen LogP contribution in [0.2, 0.25) is 0 Å². The molecule has 1 heterocycles. The van der Waals surface area contributed by atoms with E-state index in [1.54, 1.807) is 0 Å². The third-order valence-corrected chi connectivity index (χ3v) is 1.95. The van der Waals surface area contributed by atoms with Crippen LogP contribution in [-0.4, -0.2) is 17.2 Å². The summed E-state index contributed by atoms with van der Waals surface area (Å²) in [5.74, 6) is 0.536. The molecule has 0 aliphatic heterocycles. The SMILES string of the molecule is CO.ClCc1cc2cc[c-]cc2[nH]1.[Re]. The fourth-order valence-corrected chi connectivity index (χ4v) is 1.29. The van der Waals surface area contributed by atoms with Crippen molar-refractivity contribution in [3.63, 3.8) is 0 Å². The summed E-state index contributed by atoms with van der Waals surface area (Å²) in [4.78, 5) is 3.18. The number of aliphatic hydroxyl groups excluding tert-OH is 1. The molecule has 1 aromatic heterocycles. The summed E-state index contributed by atoms with van der Waals surface area (Å²) in [6, 6.07) is 10.9. The quantitative estimate of drug-likeness (QED) is 0.576. The van der Waals surface area contributed by atoms with E-state index in [1.165, 1.54) is 5.39 Å². The van der Waals surface area contributed by atoms with Gasteiger partial charge in [-0.15, -0.1) is 17.0 Å². The maximum atomic E-state index is 7.00. The number of halogens is 1. The second kappa shape index (κ2) is 7.03. The molecule has 1 radical (unpaired) electrons. The molecule has 0 saturated heterocycles. The van der Waals surface area contributed by atoms with E-state index in [0.717, 1.165) is 18.3 Å². The first-order valence-corrected chi connectivity index (χ1v) is 4.42. The maximum absolute atomic E-state index is 7.00. The minimum absolute atomic E-state index is 0. The van der Waals surface area contributed by atoms with Gasteiger partial charge in [0.25, 0.3) is 0 Å². The molecule has 14 heavy (non-hydrogen) atoms. The number of alkyl halides is 1. The van der Waals surface area contributed by atoms with Gasteiger partial charge in [-0.25, -0.2) is 0 Å². The first kappa shape index (κ1) is 13.7. The van der Waals surface area contributed by atoms with Crippen LogP contribution in [0.3, 0.4) is 0 Å². The number of benzene rings is 1. The fraction of sp³-hybridized carbons (Fsp3) is 0.200. The number of nitrogens with one attached hydrogen (secondary N) is 1. The Labute approximate surface area is 102 Å². The van der Waals surface area contributed by atoms with Gasteiger partial charge in [0.1, 0.15) is 0 Å². The van der Waals surface area contributed by atoms with Gasteiger partial charge in [-0.05, 0) is 0 Å². The maximum Gasteiger partial charge on any atom is 0.0615 e. The van der Waals surface area contributed by atoms with Crippen LogP contribution in [0, 0.1) is 6.07 Å². The molecule has 0 unspecified atom stereocenters. The monoisotopic (exact) mass is 383 g/mol. The molecule has 0 spiro atoms. The third kappa shape index (κ3) is 3.11. The first-order valence-electron chi connectivity index (χ1n) is 3.88. The van der Waals surface area contributed by atoms with Crippen LogP contribution in [0.1, 0.15) is 5.69 Å². The molecule has 1 aromatic carbocycles. The minimum atomic E-state index is 0. The second-order valence-electron chi connectivity index (χ2n) is 2.44. The van der Waals surface area contributed by atoms with Crippen molar-refractivity contribution in [2.75, 3.05) is 7.11 Å². The zero-order valence-electron chi connectivity index (χ0n) is 7.72. The van der Waals surface area contributed by atoms with E-state index in [-0.39, 0.29) is 20.4 Å². The predicted octanol–water partition coefficient (Wildman–Crippen LogP) is 2.31.